The number of carbonyl (C=O) groups is 1. The number of nitrogens with zero attached hydrogens (tertiary/aromatic N) is 2. The van der Waals surface area contributed by atoms with Crippen LogP contribution in [0.5, 0.6) is 5.75 Å². The van der Waals surface area contributed by atoms with Crippen LogP contribution in [0, 0.1) is 6.92 Å². The van der Waals surface area contributed by atoms with Crippen LogP contribution in [-0.4, -0.2) is 15.9 Å². The van der Waals surface area contributed by atoms with Crippen LogP contribution >= 0.6 is 22.7 Å². The maximum absolute atomic E-state index is 12.6. The van der Waals surface area contributed by atoms with E-state index in [4.69, 9.17) is 4.74 Å². The molecular weight excluding hydrogens is 390 g/mol. The molecule has 28 heavy (non-hydrogen) atoms. The van der Waals surface area contributed by atoms with E-state index < -0.39 is 0 Å². The first-order chi connectivity index (χ1) is 13.7. The molecule has 4 rings (SSSR count). The van der Waals surface area contributed by atoms with Gasteiger partial charge in [0.15, 0.2) is 0 Å². The van der Waals surface area contributed by atoms with Crippen LogP contribution in [0.1, 0.15) is 20.9 Å². The van der Waals surface area contributed by atoms with Crippen LogP contribution in [0.15, 0.2) is 65.6 Å². The Morgan fingerprint density at radius 1 is 1.18 bits per heavy atom. The summed E-state index contributed by atoms with van der Waals surface area (Å²) >= 11 is 3.02. The van der Waals surface area contributed by atoms with Gasteiger partial charge in [-0.3, -0.25) is 9.78 Å². The molecule has 7 heteroatoms. The standard InChI is InChI=1S/C21H17N3O2S2/c1-14-19(28-21(23-14)16-8-10-27-13-16)20(25)24-17-4-6-18(7-5-17)26-12-15-3-2-9-22-11-15/h2-11,13H,12H2,1H3,(H,24,25). The van der Waals surface area contributed by atoms with Gasteiger partial charge in [0.25, 0.3) is 5.91 Å². The highest BCUT2D eigenvalue weighted by atomic mass is 32.1. The second kappa shape index (κ2) is 8.33. The third kappa shape index (κ3) is 4.27. The number of carbonyl (C=O) groups excluding carboxylic acids is 1. The number of thiophene rings is 1. The van der Waals surface area contributed by atoms with Crippen LogP contribution in [0.25, 0.3) is 10.6 Å². The third-order valence-electron chi connectivity index (χ3n) is 4.01. The van der Waals surface area contributed by atoms with Crippen LogP contribution in [0.3, 0.4) is 0 Å². The summed E-state index contributed by atoms with van der Waals surface area (Å²) < 4.78 is 5.74. The molecule has 1 aromatic carbocycles. The Bertz CT molecular complexity index is 1060. The summed E-state index contributed by atoms with van der Waals surface area (Å²) in [6, 6.07) is 13.2. The number of rotatable bonds is 6. The van der Waals surface area contributed by atoms with E-state index in [2.05, 4.69) is 15.3 Å². The first-order valence-corrected chi connectivity index (χ1v) is 10.4. The van der Waals surface area contributed by atoms with Gasteiger partial charge in [0.2, 0.25) is 0 Å². The minimum atomic E-state index is -0.152. The van der Waals surface area contributed by atoms with Gasteiger partial charge >= 0.3 is 0 Å². The lowest BCUT2D eigenvalue weighted by Crippen LogP contribution is -2.11. The zero-order valence-electron chi connectivity index (χ0n) is 15.1. The Kier molecular flexibility index (Phi) is 5.45. The lowest BCUT2D eigenvalue weighted by Gasteiger charge is -2.08. The Morgan fingerprint density at radius 3 is 2.75 bits per heavy atom. The molecule has 0 saturated heterocycles. The van der Waals surface area contributed by atoms with Crippen molar-refractivity contribution in [2.75, 3.05) is 5.32 Å². The molecule has 1 N–H and O–H groups in total. The molecule has 0 aliphatic heterocycles. The number of amides is 1. The Labute approximate surface area is 170 Å². The van der Waals surface area contributed by atoms with E-state index in [1.54, 1.807) is 23.7 Å². The van der Waals surface area contributed by atoms with Crippen molar-refractivity contribution in [1.29, 1.82) is 0 Å². The Morgan fingerprint density at radius 2 is 2.04 bits per heavy atom. The van der Waals surface area contributed by atoms with Crippen molar-refractivity contribution in [3.05, 3.63) is 81.8 Å². The molecule has 0 fully saturated rings. The fraction of sp³-hybridized carbons (Fsp3) is 0.0952. The van der Waals surface area contributed by atoms with Gasteiger partial charge in [0.05, 0.1) is 5.69 Å². The van der Waals surface area contributed by atoms with Crippen molar-refractivity contribution in [1.82, 2.24) is 9.97 Å². The van der Waals surface area contributed by atoms with Crippen molar-refractivity contribution in [2.24, 2.45) is 0 Å². The minimum Gasteiger partial charge on any atom is -0.489 e. The summed E-state index contributed by atoms with van der Waals surface area (Å²) in [6.07, 6.45) is 3.51. The summed E-state index contributed by atoms with van der Waals surface area (Å²) in [6.45, 7) is 2.31. The minimum absolute atomic E-state index is 0.152. The molecule has 140 valence electrons. The second-order valence-corrected chi connectivity index (χ2v) is 7.85. The van der Waals surface area contributed by atoms with Crippen molar-refractivity contribution in [2.45, 2.75) is 13.5 Å². The summed E-state index contributed by atoms with van der Waals surface area (Å²) in [5.41, 5.74) is 3.50. The van der Waals surface area contributed by atoms with Crippen LogP contribution in [0.4, 0.5) is 5.69 Å². The first-order valence-electron chi connectivity index (χ1n) is 8.62. The fourth-order valence-corrected chi connectivity index (χ4v) is 4.26. The number of anilines is 1. The molecule has 3 heterocycles. The summed E-state index contributed by atoms with van der Waals surface area (Å²) in [5, 5.41) is 7.83. The molecule has 4 aromatic rings. The van der Waals surface area contributed by atoms with Crippen molar-refractivity contribution in [3.63, 3.8) is 0 Å². The maximum Gasteiger partial charge on any atom is 0.267 e. The highest BCUT2D eigenvalue weighted by Crippen LogP contribution is 2.30. The predicted molar refractivity (Wildman–Crippen MR) is 113 cm³/mol. The quantitative estimate of drug-likeness (QED) is 0.464. The normalized spacial score (nSPS) is 10.6. The van der Waals surface area contributed by atoms with Crippen LogP contribution < -0.4 is 10.1 Å². The Hall–Kier alpha value is -3.03. The van der Waals surface area contributed by atoms with E-state index >= 15 is 0 Å². The van der Waals surface area contributed by atoms with Gasteiger partial charge in [0.1, 0.15) is 22.2 Å². The number of pyridine rings is 1. The third-order valence-corrected chi connectivity index (χ3v) is 5.90. The van der Waals surface area contributed by atoms with Gasteiger partial charge in [-0.2, -0.15) is 11.3 Å². The monoisotopic (exact) mass is 407 g/mol. The molecule has 0 bridgehead atoms. The molecule has 3 aromatic heterocycles. The molecular formula is C21H17N3O2S2. The molecule has 0 unspecified atom stereocenters. The maximum atomic E-state index is 12.6. The number of nitrogens with one attached hydrogen (secondary N) is 1. The summed E-state index contributed by atoms with van der Waals surface area (Å²) in [4.78, 5) is 21.8. The first kappa shape index (κ1) is 18.3. The zero-order chi connectivity index (χ0) is 19.3. The average molecular weight is 408 g/mol. The zero-order valence-corrected chi connectivity index (χ0v) is 16.7. The summed E-state index contributed by atoms with van der Waals surface area (Å²) in [7, 11) is 0. The smallest absolute Gasteiger partial charge is 0.267 e. The van der Waals surface area contributed by atoms with Crippen LogP contribution in [-0.2, 0) is 6.61 Å². The molecule has 0 atom stereocenters. The summed E-state index contributed by atoms with van der Waals surface area (Å²) in [5.74, 6) is 0.580. The van der Waals surface area contributed by atoms with Gasteiger partial charge in [-0.05, 0) is 48.7 Å². The number of ether oxygens (including phenoxy) is 1. The van der Waals surface area contributed by atoms with Crippen molar-refractivity contribution >= 4 is 34.3 Å². The average Bonchev–Trinajstić information content (AvgIpc) is 3.38. The molecule has 0 saturated carbocycles. The lowest BCUT2D eigenvalue weighted by atomic mass is 10.2. The number of aryl methyl sites for hydroxylation is 1. The SMILES string of the molecule is Cc1nc(-c2ccsc2)sc1C(=O)Nc1ccc(OCc2cccnc2)cc1. The number of hydrogen-bond donors (Lipinski definition) is 1. The molecule has 5 nitrogen and oxygen atoms in total. The van der Waals surface area contributed by atoms with Crippen LogP contribution in [0.2, 0.25) is 0 Å². The highest BCUT2D eigenvalue weighted by Gasteiger charge is 2.16. The number of aromatic nitrogens is 2. The molecule has 0 spiro atoms. The molecule has 0 aliphatic rings. The topological polar surface area (TPSA) is 64.1 Å². The van der Waals surface area contributed by atoms with Crippen molar-refractivity contribution < 1.29 is 9.53 Å². The van der Waals surface area contributed by atoms with E-state index in [1.165, 1.54) is 11.3 Å². The van der Waals surface area contributed by atoms with Gasteiger partial charge in [-0.15, -0.1) is 11.3 Å². The van der Waals surface area contributed by atoms with Gasteiger partial charge in [-0.25, -0.2) is 4.98 Å². The fourth-order valence-electron chi connectivity index (χ4n) is 2.59. The number of thiazole rings is 1. The number of benzene rings is 1. The van der Waals surface area contributed by atoms with E-state index in [1.807, 2.05) is 60.1 Å². The Balaban J connectivity index is 1.39. The second-order valence-electron chi connectivity index (χ2n) is 6.07. The van der Waals surface area contributed by atoms with Crippen molar-refractivity contribution in [3.8, 4) is 16.3 Å². The molecule has 1 amide bonds. The van der Waals surface area contributed by atoms with Gasteiger partial charge in [0, 0.05) is 34.6 Å². The predicted octanol–water partition coefficient (Wildman–Crippen LogP) is 5.41. The van der Waals surface area contributed by atoms with E-state index in [0.717, 1.165) is 27.6 Å². The van der Waals surface area contributed by atoms with Gasteiger partial charge < -0.3 is 10.1 Å². The molecule has 0 aliphatic carbocycles. The van der Waals surface area contributed by atoms with E-state index in [-0.39, 0.29) is 5.91 Å². The van der Waals surface area contributed by atoms with Gasteiger partial charge in [-0.1, -0.05) is 6.07 Å². The number of hydrogen-bond acceptors (Lipinski definition) is 6. The van der Waals surface area contributed by atoms with E-state index in [0.29, 0.717) is 17.2 Å². The highest BCUT2D eigenvalue weighted by molar-refractivity contribution is 7.17. The lowest BCUT2D eigenvalue weighted by molar-refractivity contribution is 0.103. The largest absolute Gasteiger partial charge is 0.489 e. The van der Waals surface area contributed by atoms with E-state index in [9.17, 15) is 4.79 Å². The molecule has 0 radical (unpaired) electrons.